The van der Waals surface area contributed by atoms with Gasteiger partial charge in [-0.1, -0.05) is 34.1 Å². The van der Waals surface area contributed by atoms with Gasteiger partial charge in [-0.3, -0.25) is 4.79 Å². The predicted octanol–water partition coefficient (Wildman–Crippen LogP) is 4.02. The van der Waals surface area contributed by atoms with Crippen LogP contribution in [0.4, 0.5) is 0 Å². The molecule has 2 rings (SSSR count). The highest BCUT2D eigenvalue weighted by atomic mass is 79.9. The van der Waals surface area contributed by atoms with Gasteiger partial charge in [0.05, 0.1) is 13.2 Å². The number of nitrogens with one attached hydrogen (secondary N) is 1. The van der Waals surface area contributed by atoms with E-state index in [1.807, 2.05) is 56.3 Å². The van der Waals surface area contributed by atoms with E-state index in [0.29, 0.717) is 5.75 Å². The lowest BCUT2D eigenvalue weighted by Gasteiger charge is -2.17. The summed E-state index contributed by atoms with van der Waals surface area (Å²) in [5.74, 6) is 1.25. The van der Waals surface area contributed by atoms with Gasteiger partial charge in [0, 0.05) is 10.0 Å². The summed E-state index contributed by atoms with van der Waals surface area (Å²) >= 11 is 3.43. The maximum absolute atomic E-state index is 12.1. The van der Waals surface area contributed by atoms with Crippen molar-refractivity contribution in [1.82, 2.24) is 5.32 Å². The normalized spacial score (nSPS) is 11.7. The molecule has 0 aliphatic rings. The van der Waals surface area contributed by atoms with E-state index in [2.05, 4.69) is 21.2 Å². The van der Waals surface area contributed by atoms with Crippen molar-refractivity contribution in [3.63, 3.8) is 0 Å². The fourth-order valence-electron chi connectivity index (χ4n) is 2.24. The molecule has 0 bridgehead atoms. The fraction of sp³-hybridized carbons (Fsp3) is 0.278. The highest BCUT2D eigenvalue weighted by Crippen LogP contribution is 2.24. The minimum Gasteiger partial charge on any atom is -0.496 e. The van der Waals surface area contributed by atoms with E-state index in [4.69, 9.17) is 9.47 Å². The Kier molecular flexibility index (Phi) is 6.04. The van der Waals surface area contributed by atoms with Crippen molar-refractivity contribution in [3.05, 3.63) is 58.1 Å². The van der Waals surface area contributed by atoms with E-state index in [0.717, 1.165) is 21.3 Å². The number of rotatable bonds is 6. The number of hydrogen-bond acceptors (Lipinski definition) is 3. The third-order valence-corrected chi connectivity index (χ3v) is 4.37. The van der Waals surface area contributed by atoms with Crippen molar-refractivity contribution < 1.29 is 14.3 Å². The Bertz CT molecular complexity index is 688. The van der Waals surface area contributed by atoms with Gasteiger partial charge in [0.15, 0.2) is 6.61 Å². The second-order valence-corrected chi connectivity index (χ2v) is 6.09. The zero-order valence-corrected chi connectivity index (χ0v) is 15.0. The zero-order chi connectivity index (χ0) is 16.8. The number of aryl methyl sites for hydroxylation is 1. The van der Waals surface area contributed by atoms with Gasteiger partial charge in [0.2, 0.25) is 0 Å². The third kappa shape index (κ3) is 4.73. The minimum atomic E-state index is -0.177. The van der Waals surface area contributed by atoms with Crippen molar-refractivity contribution in [1.29, 1.82) is 0 Å². The fourth-order valence-corrected chi connectivity index (χ4v) is 2.49. The SMILES string of the molecule is COc1ccccc1[C@H](C)NC(=O)COc1ccc(Br)c(C)c1. The Morgan fingerprint density at radius 1 is 1.26 bits per heavy atom. The molecule has 0 saturated heterocycles. The molecular formula is C18H20BrNO3. The first-order valence-electron chi connectivity index (χ1n) is 7.32. The first kappa shape index (κ1) is 17.3. The molecule has 122 valence electrons. The molecule has 0 radical (unpaired) electrons. The summed E-state index contributed by atoms with van der Waals surface area (Å²) in [7, 11) is 1.62. The molecule has 0 aliphatic carbocycles. The van der Waals surface area contributed by atoms with Crippen LogP contribution in [0.15, 0.2) is 46.9 Å². The molecule has 0 aromatic heterocycles. The van der Waals surface area contributed by atoms with Gasteiger partial charge < -0.3 is 14.8 Å². The number of benzene rings is 2. The topological polar surface area (TPSA) is 47.6 Å². The quantitative estimate of drug-likeness (QED) is 0.826. The maximum atomic E-state index is 12.1. The van der Waals surface area contributed by atoms with Crippen LogP contribution in [0.25, 0.3) is 0 Å². The van der Waals surface area contributed by atoms with Crippen molar-refractivity contribution >= 4 is 21.8 Å². The smallest absolute Gasteiger partial charge is 0.258 e. The van der Waals surface area contributed by atoms with Crippen LogP contribution in [0.3, 0.4) is 0 Å². The van der Waals surface area contributed by atoms with E-state index in [9.17, 15) is 4.79 Å². The summed E-state index contributed by atoms with van der Waals surface area (Å²) in [6.45, 7) is 3.86. The van der Waals surface area contributed by atoms with Crippen molar-refractivity contribution in [2.45, 2.75) is 19.9 Å². The van der Waals surface area contributed by atoms with Gasteiger partial charge in [0.25, 0.3) is 5.91 Å². The highest BCUT2D eigenvalue weighted by molar-refractivity contribution is 9.10. The summed E-state index contributed by atoms with van der Waals surface area (Å²) in [4.78, 5) is 12.1. The van der Waals surface area contributed by atoms with Gasteiger partial charge >= 0.3 is 0 Å². The lowest BCUT2D eigenvalue weighted by molar-refractivity contribution is -0.123. The number of halogens is 1. The molecule has 0 saturated carbocycles. The van der Waals surface area contributed by atoms with E-state index in [1.54, 1.807) is 7.11 Å². The second-order valence-electron chi connectivity index (χ2n) is 5.23. The van der Waals surface area contributed by atoms with Crippen molar-refractivity contribution in [2.75, 3.05) is 13.7 Å². The van der Waals surface area contributed by atoms with Crippen molar-refractivity contribution in [3.8, 4) is 11.5 Å². The number of hydrogen-bond donors (Lipinski definition) is 1. The number of ether oxygens (including phenoxy) is 2. The van der Waals surface area contributed by atoms with Crippen LogP contribution in [0.1, 0.15) is 24.1 Å². The molecule has 2 aromatic rings. The lowest BCUT2D eigenvalue weighted by Crippen LogP contribution is -2.31. The maximum Gasteiger partial charge on any atom is 0.258 e. The first-order valence-corrected chi connectivity index (χ1v) is 8.11. The van der Waals surface area contributed by atoms with Gasteiger partial charge in [0.1, 0.15) is 11.5 Å². The Balaban J connectivity index is 1.92. The average molecular weight is 378 g/mol. The summed E-state index contributed by atoms with van der Waals surface area (Å²) in [5.41, 5.74) is 1.99. The van der Waals surface area contributed by atoms with E-state index < -0.39 is 0 Å². The Hall–Kier alpha value is -2.01. The van der Waals surface area contributed by atoms with Crippen LogP contribution in [0.5, 0.6) is 11.5 Å². The van der Waals surface area contributed by atoms with Gasteiger partial charge in [-0.05, 0) is 43.7 Å². The zero-order valence-electron chi connectivity index (χ0n) is 13.4. The number of carbonyl (C=O) groups excluding carboxylic acids is 1. The monoisotopic (exact) mass is 377 g/mol. The molecule has 23 heavy (non-hydrogen) atoms. The van der Waals surface area contributed by atoms with Gasteiger partial charge in [-0.2, -0.15) is 0 Å². The highest BCUT2D eigenvalue weighted by Gasteiger charge is 2.14. The van der Waals surface area contributed by atoms with Crippen LogP contribution >= 0.6 is 15.9 Å². The molecule has 2 aromatic carbocycles. The summed E-state index contributed by atoms with van der Waals surface area (Å²) < 4.78 is 11.9. The first-order chi connectivity index (χ1) is 11.0. The molecule has 0 unspecified atom stereocenters. The molecule has 4 nitrogen and oxygen atoms in total. The molecule has 1 N–H and O–H groups in total. The van der Waals surface area contributed by atoms with Crippen LogP contribution in [0, 0.1) is 6.92 Å². The van der Waals surface area contributed by atoms with Gasteiger partial charge in [-0.15, -0.1) is 0 Å². The number of methoxy groups -OCH3 is 1. The largest absolute Gasteiger partial charge is 0.496 e. The molecule has 0 fully saturated rings. The summed E-state index contributed by atoms with van der Waals surface area (Å²) in [6, 6.07) is 13.1. The molecular weight excluding hydrogens is 358 g/mol. The van der Waals surface area contributed by atoms with Crippen molar-refractivity contribution in [2.24, 2.45) is 0 Å². The third-order valence-electron chi connectivity index (χ3n) is 3.48. The average Bonchev–Trinajstić information content (AvgIpc) is 2.55. The molecule has 1 atom stereocenters. The second kappa shape index (κ2) is 8.02. The molecule has 0 aliphatic heterocycles. The van der Waals surface area contributed by atoms with Crippen LogP contribution in [-0.2, 0) is 4.79 Å². The lowest BCUT2D eigenvalue weighted by atomic mass is 10.1. The van der Waals surface area contributed by atoms with E-state index in [-0.39, 0.29) is 18.6 Å². The van der Waals surface area contributed by atoms with Crippen LogP contribution in [-0.4, -0.2) is 19.6 Å². The summed E-state index contributed by atoms with van der Waals surface area (Å²) in [6.07, 6.45) is 0. The number of carbonyl (C=O) groups is 1. The van der Waals surface area contributed by atoms with E-state index in [1.165, 1.54) is 0 Å². The summed E-state index contributed by atoms with van der Waals surface area (Å²) in [5, 5.41) is 2.91. The van der Waals surface area contributed by atoms with Crippen LogP contribution < -0.4 is 14.8 Å². The predicted molar refractivity (Wildman–Crippen MR) is 93.9 cm³/mol. The Labute approximate surface area is 144 Å². The Morgan fingerprint density at radius 2 is 2.00 bits per heavy atom. The van der Waals surface area contributed by atoms with E-state index >= 15 is 0 Å². The Morgan fingerprint density at radius 3 is 2.70 bits per heavy atom. The number of amides is 1. The molecule has 0 heterocycles. The number of para-hydroxylation sites is 1. The molecule has 0 spiro atoms. The minimum absolute atomic E-state index is 0.0272. The van der Waals surface area contributed by atoms with Gasteiger partial charge in [-0.25, -0.2) is 0 Å². The standard InChI is InChI=1S/C18H20BrNO3/c1-12-10-14(8-9-16(12)19)23-11-18(21)20-13(2)15-6-4-5-7-17(15)22-3/h4-10,13H,11H2,1-3H3,(H,20,21)/t13-/m0/s1. The molecule has 1 amide bonds. The molecule has 5 heteroatoms. The van der Waals surface area contributed by atoms with Crippen LogP contribution in [0.2, 0.25) is 0 Å².